The van der Waals surface area contributed by atoms with E-state index in [2.05, 4.69) is 25.6 Å². The van der Waals surface area contributed by atoms with Gasteiger partial charge >= 0.3 is 0 Å². The molecule has 0 saturated carbocycles. The lowest BCUT2D eigenvalue weighted by molar-refractivity contribution is 0.102. The first-order chi connectivity index (χ1) is 11.3. The molecule has 0 spiro atoms. The van der Waals surface area contributed by atoms with Crippen LogP contribution < -0.4 is 5.32 Å². The number of aromatic amines is 1. The van der Waals surface area contributed by atoms with Crippen molar-refractivity contribution in [2.24, 2.45) is 0 Å². The molecule has 0 fully saturated rings. The van der Waals surface area contributed by atoms with Crippen LogP contribution >= 0.6 is 0 Å². The van der Waals surface area contributed by atoms with Crippen LogP contribution in [0.4, 0.5) is 5.69 Å². The van der Waals surface area contributed by atoms with Gasteiger partial charge in [-0.2, -0.15) is 10.2 Å². The van der Waals surface area contributed by atoms with Crippen LogP contribution in [0, 0.1) is 0 Å². The number of benzene rings is 1. The average Bonchev–Trinajstić information content (AvgIpc) is 3.22. The van der Waals surface area contributed by atoms with Crippen LogP contribution in [-0.4, -0.2) is 30.9 Å². The summed E-state index contributed by atoms with van der Waals surface area (Å²) >= 11 is 0. The maximum atomic E-state index is 12.4. The lowest BCUT2D eigenvalue weighted by atomic mass is 10.2. The Morgan fingerprint density at radius 1 is 1.13 bits per heavy atom. The number of para-hydroxylation sites is 1. The van der Waals surface area contributed by atoms with Crippen molar-refractivity contribution in [3.05, 3.63) is 66.7 Å². The lowest BCUT2D eigenvalue weighted by Crippen LogP contribution is -2.12. The molecule has 3 heterocycles. The van der Waals surface area contributed by atoms with Gasteiger partial charge in [-0.05, 0) is 18.2 Å². The zero-order chi connectivity index (χ0) is 15.6. The molecule has 112 valence electrons. The Morgan fingerprint density at radius 2 is 2.00 bits per heavy atom. The van der Waals surface area contributed by atoms with Crippen LogP contribution in [0.25, 0.3) is 16.7 Å². The second-order valence-corrected chi connectivity index (χ2v) is 4.93. The van der Waals surface area contributed by atoms with E-state index >= 15 is 0 Å². The zero-order valence-electron chi connectivity index (χ0n) is 12.0. The highest BCUT2D eigenvalue weighted by molar-refractivity contribution is 6.10. The van der Waals surface area contributed by atoms with E-state index < -0.39 is 0 Å². The number of H-pyrrole nitrogens is 1. The summed E-state index contributed by atoms with van der Waals surface area (Å²) in [5.74, 6) is 0.390. The number of pyridine rings is 1. The van der Waals surface area contributed by atoms with Gasteiger partial charge in [0.2, 0.25) is 0 Å². The second-order valence-electron chi connectivity index (χ2n) is 4.93. The van der Waals surface area contributed by atoms with E-state index in [-0.39, 0.29) is 5.91 Å². The quantitative estimate of drug-likeness (QED) is 0.608. The number of carbonyl (C=O) groups excluding carboxylic acids is 1. The lowest BCUT2D eigenvalue weighted by Gasteiger charge is -2.00. The highest BCUT2D eigenvalue weighted by Gasteiger charge is 2.14. The molecule has 3 aromatic heterocycles. The van der Waals surface area contributed by atoms with Gasteiger partial charge in [0, 0.05) is 11.6 Å². The summed E-state index contributed by atoms with van der Waals surface area (Å²) in [6.07, 6.45) is 4.96. The first kappa shape index (κ1) is 13.2. The van der Waals surface area contributed by atoms with Crippen molar-refractivity contribution in [1.29, 1.82) is 0 Å². The minimum Gasteiger partial charge on any atom is -0.318 e. The number of anilines is 1. The third kappa shape index (κ3) is 2.44. The van der Waals surface area contributed by atoms with Crippen LogP contribution in [0.15, 0.2) is 61.1 Å². The molecule has 1 amide bonds. The van der Waals surface area contributed by atoms with Crippen LogP contribution in [0.5, 0.6) is 0 Å². The summed E-state index contributed by atoms with van der Waals surface area (Å²) in [4.78, 5) is 16.6. The molecule has 0 unspecified atom stereocenters. The minimum atomic E-state index is -0.289. The molecule has 0 aliphatic carbocycles. The van der Waals surface area contributed by atoms with Crippen molar-refractivity contribution in [3.63, 3.8) is 0 Å². The predicted octanol–water partition coefficient (Wildman–Crippen LogP) is 2.40. The van der Waals surface area contributed by atoms with E-state index in [0.29, 0.717) is 17.2 Å². The number of nitrogens with zero attached hydrogens (tertiary/aromatic N) is 4. The number of nitrogens with one attached hydrogen (secondary N) is 2. The predicted molar refractivity (Wildman–Crippen MR) is 85.4 cm³/mol. The molecular formula is C16H12N6O. The first-order valence-corrected chi connectivity index (χ1v) is 7.02. The van der Waals surface area contributed by atoms with Gasteiger partial charge in [-0.25, -0.2) is 9.67 Å². The zero-order valence-corrected chi connectivity index (χ0v) is 12.0. The molecule has 0 bridgehead atoms. The summed E-state index contributed by atoms with van der Waals surface area (Å²) in [6, 6.07) is 13.0. The topological polar surface area (TPSA) is 88.5 Å². The molecule has 0 atom stereocenters. The Hall–Kier alpha value is -3.48. The Labute approximate surface area is 131 Å². The summed E-state index contributed by atoms with van der Waals surface area (Å²) in [5.41, 5.74) is 1.75. The van der Waals surface area contributed by atoms with Crippen LogP contribution in [0.3, 0.4) is 0 Å². The van der Waals surface area contributed by atoms with E-state index in [1.807, 2.05) is 42.5 Å². The maximum absolute atomic E-state index is 12.4. The fourth-order valence-electron chi connectivity index (χ4n) is 2.33. The monoisotopic (exact) mass is 304 g/mol. The molecule has 4 rings (SSSR count). The number of aromatic nitrogens is 5. The first-order valence-electron chi connectivity index (χ1n) is 7.02. The molecule has 0 saturated heterocycles. The molecule has 0 aliphatic heterocycles. The van der Waals surface area contributed by atoms with Crippen LogP contribution in [0.2, 0.25) is 0 Å². The maximum Gasteiger partial charge on any atom is 0.276 e. The SMILES string of the molecule is O=C(Nc1cnn(-c2ccccn2)c1)c1n[nH]c2ccccc12. The minimum absolute atomic E-state index is 0.289. The van der Waals surface area contributed by atoms with Crippen molar-refractivity contribution in [2.45, 2.75) is 0 Å². The number of fused-ring (bicyclic) bond motifs is 1. The number of amides is 1. The van der Waals surface area contributed by atoms with E-state index in [4.69, 9.17) is 0 Å². The fraction of sp³-hybridized carbons (Fsp3) is 0. The summed E-state index contributed by atoms with van der Waals surface area (Å²) < 4.78 is 1.60. The summed E-state index contributed by atoms with van der Waals surface area (Å²) in [7, 11) is 0. The average molecular weight is 304 g/mol. The molecular weight excluding hydrogens is 292 g/mol. The van der Waals surface area contributed by atoms with Gasteiger partial charge in [-0.1, -0.05) is 24.3 Å². The third-order valence-corrected chi connectivity index (χ3v) is 3.41. The van der Waals surface area contributed by atoms with E-state index in [1.54, 1.807) is 23.3 Å². The van der Waals surface area contributed by atoms with Gasteiger partial charge in [0.25, 0.3) is 5.91 Å². The van der Waals surface area contributed by atoms with Crippen molar-refractivity contribution in [3.8, 4) is 5.82 Å². The summed E-state index contributed by atoms with van der Waals surface area (Å²) in [5, 5.41) is 14.7. The number of carbonyl (C=O) groups is 1. The summed E-state index contributed by atoms with van der Waals surface area (Å²) in [6.45, 7) is 0. The van der Waals surface area contributed by atoms with Gasteiger partial charge in [0.15, 0.2) is 11.5 Å². The van der Waals surface area contributed by atoms with Crippen molar-refractivity contribution in [2.75, 3.05) is 5.32 Å². The van der Waals surface area contributed by atoms with E-state index in [0.717, 1.165) is 10.9 Å². The fourth-order valence-corrected chi connectivity index (χ4v) is 2.33. The molecule has 0 aliphatic rings. The standard InChI is InChI=1S/C16H12N6O/c23-16(15-12-5-1-2-6-13(12)20-21-15)19-11-9-18-22(10-11)14-7-3-4-8-17-14/h1-10H,(H,19,23)(H,20,21). The second kappa shape index (κ2) is 5.38. The number of hydrogen-bond donors (Lipinski definition) is 2. The third-order valence-electron chi connectivity index (χ3n) is 3.41. The van der Waals surface area contributed by atoms with Crippen LogP contribution in [-0.2, 0) is 0 Å². The van der Waals surface area contributed by atoms with Crippen molar-refractivity contribution >= 4 is 22.5 Å². The Kier molecular flexibility index (Phi) is 3.09. The largest absolute Gasteiger partial charge is 0.318 e. The van der Waals surface area contributed by atoms with Gasteiger partial charge in [-0.15, -0.1) is 0 Å². The van der Waals surface area contributed by atoms with Gasteiger partial charge in [-0.3, -0.25) is 9.89 Å². The molecule has 23 heavy (non-hydrogen) atoms. The number of hydrogen-bond acceptors (Lipinski definition) is 4. The highest BCUT2D eigenvalue weighted by Crippen LogP contribution is 2.17. The normalized spacial score (nSPS) is 10.8. The van der Waals surface area contributed by atoms with E-state index in [1.165, 1.54) is 0 Å². The van der Waals surface area contributed by atoms with Crippen molar-refractivity contribution in [1.82, 2.24) is 25.0 Å². The number of rotatable bonds is 3. The van der Waals surface area contributed by atoms with Gasteiger partial charge < -0.3 is 5.32 Å². The molecule has 2 N–H and O–H groups in total. The molecule has 7 nitrogen and oxygen atoms in total. The van der Waals surface area contributed by atoms with Crippen LogP contribution in [0.1, 0.15) is 10.5 Å². The van der Waals surface area contributed by atoms with Crippen molar-refractivity contribution < 1.29 is 4.79 Å². The Morgan fingerprint density at radius 3 is 2.87 bits per heavy atom. The molecule has 0 radical (unpaired) electrons. The Bertz CT molecular complexity index is 972. The van der Waals surface area contributed by atoms with Gasteiger partial charge in [0.1, 0.15) is 0 Å². The Balaban J connectivity index is 1.59. The van der Waals surface area contributed by atoms with E-state index in [9.17, 15) is 4.79 Å². The highest BCUT2D eigenvalue weighted by atomic mass is 16.2. The smallest absolute Gasteiger partial charge is 0.276 e. The molecule has 1 aromatic carbocycles. The van der Waals surface area contributed by atoms with Gasteiger partial charge in [0.05, 0.1) is 23.6 Å². The molecule has 4 aromatic rings. The molecule has 7 heteroatoms.